The summed E-state index contributed by atoms with van der Waals surface area (Å²) in [4.78, 5) is 0. The number of ether oxygens (including phenoxy) is 2. The minimum atomic E-state index is 0.0345. The molecule has 0 saturated heterocycles. The summed E-state index contributed by atoms with van der Waals surface area (Å²) in [6.45, 7) is 2.45. The van der Waals surface area contributed by atoms with Gasteiger partial charge in [0.05, 0.1) is 13.2 Å². The van der Waals surface area contributed by atoms with Gasteiger partial charge in [-0.25, -0.2) is 0 Å². The van der Waals surface area contributed by atoms with E-state index < -0.39 is 0 Å². The van der Waals surface area contributed by atoms with Crippen LogP contribution >= 0.6 is 23.8 Å². The topological polar surface area (TPSA) is 42.5 Å². The number of rotatable bonds is 6. The Morgan fingerprint density at radius 1 is 1.13 bits per heavy atom. The number of hydrogen-bond acceptors (Lipinski definition) is 3. The van der Waals surface area contributed by atoms with Crippen molar-refractivity contribution in [3.8, 4) is 11.5 Å². The quantitative estimate of drug-likeness (QED) is 0.768. The zero-order valence-electron chi connectivity index (χ0n) is 13.0. The molecule has 0 saturated carbocycles. The minimum absolute atomic E-state index is 0.0345. The number of benzene rings is 2. The van der Waals surface area contributed by atoms with Crippen molar-refractivity contribution < 1.29 is 9.47 Å². The first kappa shape index (κ1) is 17.4. The number of thiocarbonyl (C=S) groups is 1. The molecule has 0 spiro atoms. The fourth-order valence-electron chi connectivity index (χ4n) is 1.92. The summed E-state index contributed by atoms with van der Waals surface area (Å²) < 4.78 is 11.0. The maximum atomic E-state index is 5.85. The van der Waals surface area contributed by atoms with Crippen LogP contribution < -0.4 is 20.1 Å². The molecule has 0 unspecified atom stereocenters. The lowest BCUT2D eigenvalue weighted by Crippen LogP contribution is -2.39. The zero-order valence-corrected chi connectivity index (χ0v) is 14.6. The average molecular weight is 351 g/mol. The van der Waals surface area contributed by atoms with Gasteiger partial charge in [0.15, 0.2) is 16.6 Å². The largest absolute Gasteiger partial charge is 0.493 e. The first-order valence-corrected chi connectivity index (χ1v) is 7.96. The summed E-state index contributed by atoms with van der Waals surface area (Å²) in [7, 11) is 1.62. The molecule has 0 aliphatic carbocycles. The van der Waals surface area contributed by atoms with Crippen LogP contribution in [0.2, 0.25) is 5.02 Å². The second-order valence-electron chi connectivity index (χ2n) is 4.97. The first-order valence-electron chi connectivity index (χ1n) is 7.17. The molecule has 0 aromatic heterocycles. The highest BCUT2D eigenvalue weighted by Crippen LogP contribution is 2.25. The molecule has 0 heterocycles. The lowest BCUT2D eigenvalue weighted by molar-refractivity contribution is 0.270. The molecule has 6 heteroatoms. The van der Waals surface area contributed by atoms with Gasteiger partial charge in [-0.05, 0) is 55.5 Å². The molecule has 2 aromatic rings. The van der Waals surface area contributed by atoms with Gasteiger partial charge < -0.3 is 20.1 Å². The molecule has 0 amide bonds. The molecule has 2 rings (SSSR count). The van der Waals surface area contributed by atoms with E-state index in [0.717, 1.165) is 5.69 Å². The van der Waals surface area contributed by atoms with Crippen molar-refractivity contribution in [3.05, 3.63) is 53.6 Å². The number of methoxy groups -OCH3 is 1. The molecule has 0 radical (unpaired) electrons. The molecule has 4 nitrogen and oxygen atoms in total. The molecule has 2 N–H and O–H groups in total. The van der Waals surface area contributed by atoms with E-state index in [9.17, 15) is 0 Å². The van der Waals surface area contributed by atoms with Crippen molar-refractivity contribution in [1.82, 2.24) is 5.32 Å². The van der Waals surface area contributed by atoms with Gasteiger partial charge >= 0.3 is 0 Å². The predicted molar refractivity (Wildman–Crippen MR) is 98.8 cm³/mol. The number of nitrogens with one attached hydrogen (secondary N) is 2. The summed E-state index contributed by atoms with van der Waals surface area (Å²) in [6, 6.07) is 14.9. The molecule has 0 aliphatic rings. The standard InChI is InChI=1S/C17H19ClN2O2S/c1-12(11-22-16-6-4-3-5-15(16)21-2)19-17(23)20-14-9-7-13(18)8-10-14/h3-10,12H,11H2,1-2H3,(H2,19,20,23)/t12-/m1/s1. The molecule has 2 aromatic carbocycles. The van der Waals surface area contributed by atoms with Gasteiger partial charge in [0.25, 0.3) is 0 Å². The van der Waals surface area contributed by atoms with Crippen molar-refractivity contribution >= 4 is 34.6 Å². The van der Waals surface area contributed by atoms with Gasteiger partial charge in [-0.15, -0.1) is 0 Å². The summed E-state index contributed by atoms with van der Waals surface area (Å²) in [6.07, 6.45) is 0. The predicted octanol–water partition coefficient (Wildman–Crippen LogP) is 4.10. The van der Waals surface area contributed by atoms with Crippen molar-refractivity contribution in [3.63, 3.8) is 0 Å². The summed E-state index contributed by atoms with van der Waals surface area (Å²) in [5.41, 5.74) is 0.879. The van der Waals surface area contributed by atoms with E-state index in [-0.39, 0.29) is 6.04 Å². The van der Waals surface area contributed by atoms with E-state index in [1.165, 1.54) is 0 Å². The Morgan fingerprint density at radius 3 is 2.43 bits per heavy atom. The fraction of sp³-hybridized carbons (Fsp3) is 0.235. The van der Waals surface area contributed by atoms with Crippen LogP contribution in [0.25, 0.3) is 0 Å². The van der Waals surface area contributed by atoms with Crippen molar-refractivity contribution in [2.45, 2.75) is 13.0 Å². The van der Waals surface area contributed by atoms with Gasteiger partial charge in [-0.1, -0.05) is 23.7 Å². The Morgan fingerprint density at radius 2 is 1.78 bits per heavy atom. The third-order valence-electron chi connectivity index (χ3n) is 3.04. The Hall–Kier alpha value is -1.98. The Kier molecular flexibility index (Phi) is 6.50. The summed E-state index contributed by atoms with van der Waals surface area (Å²) in [5.74, 6) is 1.42. The molecule has 122 valence electrons. The minimum Gasteiger partial charge on any atom is -0.493 e. The smallest absolute Gasteiger partial charge is 0.171 e. The van der Waals surface area contributed by atoms with E-state index in [2.05, 4.69) is 10.6 Å². The van der Waals surface area contributed by atoms with Crippen LogP contribution in [0.4, 0.5) is 5.69 Å². The third-order valence-corrected chi connectivity index (χ3v) is 3.51. The van der Waals surface area contributed by atoms with Crippen molar-refractivity contribution in [2.75, 3.05) is 19.0 Å². The van der Waals surface area contributed by atoms with Crippen LogP contribution in [0.3, 0.4) is 0 Å². The van der Waals surface area contributed by atoms with Gasteiger partial charge in [0.2, 0.25) is 0 Å². The van der Waals surface area contributed by atoms with E-state index in [1.54, 1.807) is 19.2 Å². The Balaban J connectivity index is 1.81. The maximum absolute atomic E-state index is 5.85. The number of anilines is 1. The summed E-state index contributed by atoms with van der Waals surface area (Å²) in [5, 5.41) is 7.49. The third kappa shape index (κ3) is 5.62. The Labute approximate surface area is 146 Å². The van der Waals surface area contributed by atoms with Crippen LogP contribution in [0.5, 0.6) is 11.5 Å². The second-order valence-corrected chi connectivity index (χ2v) is 5.81. The molecular weight excluding hydrogens is 332 g/mol. The second kappa shape index (κ2) is 8.60. The van der Waals surface area contributed by atoms with Gasteiger partial charge in [0, 0.05) is 10.7 Å². The van der Waals surface area contributed by atoms with Gasteiger partial charge in [0.1, 0.15) is 6.61 Å². The first-order chi connectivity index (χ1) is 11.1. The lowest BCUT2D eigenvalue weighted by atomic mass is 10.3. The van der Waals surface area contributed by atoms with Crippen molar-refractivity contribution in [1.29, 1.82) is 0 Å². The molecule has 23 heavy (non-hydrogen) atoms. The summed E-state index contributed by atoms with van der Waals surface area (Å²) >= 11 is 11.1. The Bertz CT molecular complexity index is 649. The van der Waals surface area contributed by atoms with E-state index in [0.29, 0.717) is 28.2 Å². The monoisotopic (exact) mass is 350 g/mol. The number of halogens is 1. The van der Waals surface area contributed by atoms with Crippen LogP contribution in [0.1, 0.15) is 6.92 Å². The van der Waals surface area contributed by atoms with E-state index in [1.807, 2.05) is 43.3 Å². The molecule has 0 bridgehead atoms. The van der Waals surface area contributed by atoms with Gasteiger partial charge in [-0.3, -0.25) is 0 Å². The highest BCUT2D eigenvalue weighted by atomic mass is 35.5. The van der Waals surface area contributed by atoms with E-state index >= 15 is 0 Å². The normalized spacial score (nSPS) is 11.4. The number of hydrogen-bond donors (Lipinski definition) is 2. The molecule has 0 aliphatic heterocycles. The highest BCUT2D eigenvalue weighted by molar-refractivity contribution is 7.80. The maximum Gasteiger partial charge on any atom is 0.171 e. The van der Waals surface area contributed by atoms with Crippen LogP contribution in [-0.2, 0) is 0 Å². The van der Waals surface area contributed by atoms with Gasteiger partial charge in [-0.2, -0.15) is 0 Å². The molecular formula is C17H19ClN2O2S. The average Bonchev–Trinajstić information content (AvgIpc) is 2.55. The molecule has 1 atom stereocenters. The fourth-order valence-corrected chi connectivity index (χ4v) is 2.36. The van der Waals surface area contributed by atoms with Crippen LogP contribution in [-0.4, -0.2) is 24.9 Å². The van der Waals surface area contributed by atoms with Crippen LogP contribution in [0, 0.1) is 0 Å². The van der Waals surface area contributed by atoms with E-state index in [4.69, 9.17) is 33.3 Å². The molecule has 0 fully saturated rings. The number of para-hydroxylation sites is 2. The SMILES string of the molecule is COc1ccccc1OC[C@@H](C)NC(=S)Nc1ccc(Cl)cc1. The van der Waals surface area contributed by atoms with Crippen LogP contribution in [0.15, 0.2) is 48.5 Å². The highest BCUT2D eigenvalue weighted by Gasteiger charge is 2.08. The zero-order chi connectivity index (χ0) is 16.7. The lowest BCUT2D eigenvalue weighted by Gasteiger charge is -2.18. The van der Waals surface area contributed by atoms with Crippen molar-refractivity contribution in [2.24, 2.45) is 0 Å².